The smallest absolute Gasteiger partial charge is 0.250 e. The third kappa shape index (κ3) is 2.80. The molecule has 0 saturated carbocycles. The average molecular weight is 366 g/mol. The number of hydrogen-bond donors (Lipinski definition) is 0. The lowest BCUT2D eigenvalue weighted by Crippen LogP contribution is -2.51. The van der Waals surface area contributed by atoms with Gasteiger partial charge in [0.25, 0.3) is 0 Å². The van der Waals surface area contributed by atoms with Crippen LogP contribution in [-0.2, 0) is 11.3 Å². The molecule has 0 saturated heterocycles. The zero-order valence-electron chi connectivity index (χ0n) is 15.7. The van der Waals surface area contributed by atoms with Crippen molar-refractivity contribution in [2.24, 2.45) is 0 Å². The second kappa shape index (κ2) is 7.01. The number of nitrogens with zero attached hydrogens (tertiary/aromatic N) is 2. The first kappa shape index (κ1) is 16.8. The minimum absolute atomic E-state index is 0.162. The van der Waals surface area contributed by atoms with Crippen molar-refractivity contribution >= 4 is 17.3 Å². The fraction of sp³-hybridized carbons (Fsp3) is 0.160. The highest BCUT2D eigenvalue weighted by Crippen LogP contribution is 2.41. The quantitative estimate of drug-likeness (QED) is 0.594. The number of rotatable bonds is 2. The molecule has 2 aliphatic rings. The van der Waals surface area contributed by atoms with Gasteiger partial charge in [0.15, 0.2) is 0 Å². The first-order chi connectivity index (χ1) is 13.8. The van der Waals surface area contributed by atoms with E-state index in [4.69, 9.17) is 0 Å². The summed E-state index contributed by atoms with van der Waals surface area (Å²) in [5.74, 6) is 0.162. The van der Waals surface area contributed by atoms with Crippen molar-refractivity contribution in [1.82, 2.24) is 0 Å². The first-order valence-electron chi connectivity index (χ1n) is 9.78. The molecule has 0 bridgehead atoms. The molecule has 1 unspecified atom stereocenters. The summed E-state index contributed by atoms with van der Waals surface area (Å²) in [6.45, 7) is 1.33. The number of carbonyl (C=O) groups excluding carboxylic acids is 1. The van der Waals surface area contributed by atoms with E-state index in [1.807, 2.05) is 29.2 Å². The van der Waals surface area contributed by atoms with E-state index in [-0.39, 0.29) is 11.9 Å². The predicted octanol–water partition coefficient (Wildman–Crippen LogP) is 5.04. The van der Waals surface area contributed by atoms with Crippen molar-refractivity contribution in [2.75, 3.05) is 16.3 Å². The summed E-state index contributed by atoms with van der Waals surface area (Å²) in [6, 6.07) is 26.8. The molecule has 0 aromatic heterocycles. The van der Waals surface area contributed by atoms with Gasteiger partial charge in [0.2, 0.25) is 5.91 Å². The molecule has 2 heterocycles. The normalized spacial score (nSPS) is 18.0. The topological polar surface area (TPSA) is 23.6 Å². The van der Waals surface area contributed by atoms with E-state index in [0.29, 0.717) is 6.54 Å². The molecule has 0 fully saturated rings. The predicted molar refractivity (Wildman–Crippen MR) is 114 cm³/mol. The van der Waals surface area contributed by atoms with Gasteiger partial charge in [-0.2, -0.15) is 0 Å². The zero-order valence-corrected chi connectivity index (χ0v) is 15.7. The molecule has 1 amide bonds. The molecule has 28 heavy (non-hydrogen) atoms. The van der Waals surface area contributed by atoms with E-state index in [1.54, 1.807) is 0 Å². The lowest BCUT2D eigenvalue weighted by Gasteiger charge is -2.41. The van der Waals surface area contributed by atoms with Gasteiger partial charge < -0.3 is 9.80 Å². The van der Waals surface area contributed by atoms with E-state index in [1.165, 1.54) is 5.56 Å². The van der Waals surface area contributed by atoms with Crippen LogP contribution >= 0.6 is 0 Å². The fourth-order valence-electron chi connectivity index (χ4n) is 4.28. The Balaban J connectivity index is 1.72. The van der Waals surface area contributed by atoms with Crippen LogP contribution < -0.4 is 9.80 Å². The van der Waals surface area contributed by atoms with Crippen LogP contribution in [0, 0.1) is 0 Å². The van der Waals surface area contributed by atoms with Crippen molar-refractivity contribution in [3.8, 4) is 11.1 Å². The Labute approximate surface area is 165 Å². The Kier molecular flexibility index (Phi) is 4.21. The van der Waals surface area contributed by atoms with Gasteiger partial charge in [-0.05, 0) is 24.1 Å². The number of para-hydroxylation sites is 2. The van der Waals surface area contributed by atoms with Crippen molar-refractivity contribution in [3.63, 3.8) is 0 Å². The summed E-state index contributed by atoms with van der Waals surface area (Å²) < 4.78 is 0. The third-order valence-corrected chi connectivity index (χ3v) is 5.64. The number of anilines is 2. The summed E-state index contributed by atoms with van der Waals surface area (Å²) in [4.78, 5) is 18.0. The van der Waals surface area contributed by atoms with E-state index in [9.17, 15) is 4.79 Å². The lowest BCUT2D eigenvalue weighted by atomic mass is 9.94. The second-order valence-electron chi connectivity index (χ2n) is 7.32. The molecule has 3 aromatic carbocycles. The van der Waals surface area contributed by atoms with Gasteiger partial charge in [-0.1, -0.05) is 78.9 Å². The van der Waals surface area contributed by atoms with Crippen molar-refractivity contribution in [3.05, 3.63) is 96.6 Å². The van der Waals surface area contributed by atoms with Crippen molar-refractivity contribution in [1.29, 1.82) is 0 Å². The largest absolute Gasteiger partial charge is 0.355 e. The first-order valence-corrected chi connectivity index (χ1v) is 9.78. The highest BCUT2D eigenvalue weighted by molar-refractivity contribution is 6.05. The van der Waals surface area contributed by atoms with Gasteiger partial charge in [-0.15, -0.1) is 0 Å². The maximum absolute atomic E-state index is 13.8. The Morgan fingerprint density at radius 2 is 1.39 bits per heavy atom. The molecule has 3 nitrogen and oxygen atoms in total. The molecule has 2 aliphatic heterocycles. The number of hydrogen-bond acceptors (Lipinski definition) is 2. The van der Waals surface area contributed by atoms with Crippen LogP contribution in [0.2, 0.25) is 0 Å². The molecule has 1 atom stereocenters. The van der Waals surface area contributed by atoms with Crippen LogP contribution in [0.15, 0.2) is 91.0 Å². The summed E-state index contributed by atoms with van der Waals surface area (Å²) in [6.07, 6.45) is 5.03. The van der Waals surface area contributed by atoms with Crippen LogP contribution in [0.4, 0.5) is 11.4 Å². The summed E-state index contributed by atoms with van der Waals surface area (Å²) in [5.41, 5.74) is 5.55. The van der Waals surface area contributed by atoms with Crippen LogP contribution in [0.25, 0.3) is 11.1 Å². The minimum atomic E-state index is -0.178. The van der Waals surface area contributed by atoms with Gasteiger partial charge in [0, 0.05) is 23.4 Å². The molecule has 3 aromatic rings. The molecule has 0 aliphatic carbocycles. The highest BCUT2D eigenvalue weighted by Gasteiger charge is 2.35. The Morgan fingerprint density at radius 1 is 0.750 bits per heavy atom. The van der Waals surface area contributed by atoms with Crippen LogP contribution in [-0.4, -0.2) is 18.5 Å². The number of benzene rings is 3. The van der Waals surface area contributed by atoms with Crippen LogP contribution in [0.5, 0.6) is 0 Å². The highest BCUT2D eigenvalue weighted by atomic mass is 16.2. The third-order valence-electron chi connectivity index (χ3n) is 5.64. The molecule has 3 heteroatoms. The Morgan fingerprint density at radius 3 is 2.18 bits per heavy atom. The van der Waals surface area contributed by atoms with E-state index in [2.05, 4.69) is 71.6 Å². The molecule has 138 valence electrons. The van der Waals surface area contributed by atoms with E-state index in [0.717, 1.165) is 35.5 Å². The van der Waals surface area contributed by atoms with E-state index < -0.39 is 0 Å². The SMILES string of the molecule is O=C1C2CC=CCN2c2ccccc2-c2ccccc2N1Cc1ccccc1. The average Bonchev–Trinajstić information content (AvgIpc) is 2.77. The molecule has 0 spiro atoms. The summed E-state index contributed by atoms with van der Waals surface area (Å²) in [7, 11) is 0. The van der Waals surface area contributed by atoms with Gasteiger partial charge in [0.1, 0.15) is 6.04 Å². The van der Waals surface area contributed by atoms with Gasteiger partial charge in [-0.25, -0.2) is 0 Å². The minimum Gasteiger partial charge on any atom is -0.355 e. The van der Waals surface area contributed by atoms with Gasteiger partial charge >= 0.3 is 0 Å². The Hall–Kier alpha value is -3.33. The monoisotopic (exact) mass is 366 g/mol. The standard InChI is InChI=1S/C25H22N2O/c28-25-24-16-8-9-17-26(24)22-14-6-4-12-20(22)21-13-5-7-15-23(21)27(25)18-19-10-2-1-3-11-19/h1-15,24H,16-18H2. The summed E-state index contributed by atoms with van der Waals surface area (Å²) >= 11 is 0. The Bertz CT molecular complexity index is 1040. The number of amides is 1. The summed E-state index contributed by atoms with van der Waals surface area (Å²) in [5, 5.41) is 0. The molecule has 0 N–H and O–H groups in total. The van der Waals surface area contributed by atoms with Crippen LogP contribution in [0.3, 0.4) is 0 Å². The number of carbonyl (C=O) groups is 1. The fourth-order valence-corrected chi connectivity index (χ4v) is 4.28. The van der Waals surface area contributed by atoms with Gasteiger partial charge in [-0.3, -0.25) is 4.79 Å². The van der Waals surface area contributed by atoms with Crippen LogP contribution in [0.1, 0.15) is 12.0 Å². The van der Waals surface area contributed by atoms with Crippen molar-refractivity contribution < 1.29 is 4.79 Å². The van der Waals surface area contributed by atoms with E-state index >= 15 is 0 Å². The molecular weight excluding hydrogens is 344 g/mol. The zero-order chi connectivity index (χ0) is 18.9. The number of fused-ring (bicyclic) bond motifs is 5. The molecular formula is C25H22N2O. The van der Waals surface area contributed by atoms with Crippen molar-refractivity contribution in [2.45, 2.75) is 19.0 Å². The molecule has 5 rings (SSSR count). The lowest BCUT2D eigenvalue weighted by molar-refractivity contribution is -0.120. The maximum Gasteiger partial charge on any atom is 0.250 e. The molecule has 0 radical (unpaired) electrons. The van der Waals surface area contributed by atoms with Gasteiger partial charge in [0.05, 0.1) is 12.2 Å². The second-order valence-corrected chi connectivity index (χ2v) is 7.32. The maximum atomic E-state index is 13.8.